The van der Waals surface area contributed by atoms with Crippen LogP contribution in [0.1, 0.15) is 20.3 Å². The fraction of sp³-hybridized carbons (Fsp3) is 0.176. The second-order valence-electron chi connectivity index (χ2n) is 4.52. The van der Waals surface area contributed by atoms with Crippen molar-refractivity contribution >= 4 is 10.9 Å². The van der Waals surface area contributed by atoms with Crippen molar-refractivity contribution in [3.63, 3.8) is 0 Å². The third kappa shape index (κ3) is 2.17. The number of rotatable bonds is 2. The first-order valence-corrected chi connectivity index (χ1v) is 7.80. The Morgan fingerprint density at radius 2 is 1.53 bits per heavy atom. The zero-order valence-electron chi connectivity index (χ0n) is 11.2. The number of ether oxygens (including phenoxy) is 1. The third-order valence-electron chi connectivity index (χ3n) is 3.17. The average Bonchev–Trinajstić information content (AvgIpc) is 2.44. The summed E-state index contributed by atoms with van der Waals surface area (Å²) in [4.78, 5) is 4.01. The molecule has 1 aliphatic heterocycles. The third-order valence-corrected chi connectivity index (χ3v) is 5.54. The highest BCUT2D eigenvalue weighted by Crippen LogP contribution is 2.46. The Hall–Kier alpha value is -1.67. The Morgan fingerprint density at radius 3 is 2.05 bits per heavy atom. The van der Waals surface area contributed by atoms with E-state index in [2.05, 4.69) is 56.3 Å². The molecule has 0 saturated carbocycles. The van der Waals surface area contributed by atoms with E-state index in [0.29, 0.717) is 0 Å². The smallest absolute Gasteiger partial charge is 0.208 e. The van der Waals surface area contributed by atoms with Gasteiger partial charge in [-0.2, -0.15) is 0 Å². The first-order valence-electron chi connectivity index (χ1n) is 6.58. The first kappa shape index (κ1) is 12.4. The molecule has 0 N–H and O–H groups in total. The average molecular weight is 269 g/mol. The molecule has 0 spiro atoms. The maximum absolute atomic E-state index is 6.02. The summed E-state index contributed by atoms with van der Waals surface area (Å²) in [5.74, 6) is 1.99. The monoisotopic (exact) mass is 269 g/mol. The van der Waals surface area contributed by atoms with Gasteiger partial charge in [0.2, 0.25) is 9.79 Å². The summed E-state index contributed by atoms with van der Waals surface area (Å²) in [6.07, 6.45) is 3.39. The van der Waals surface area contributed by atoms with E-state index in [0.717, 1.165) is 17.9 Å². The van der Waals surface area contributed by atoms with Crippen LogP contribution < -0.4 is 4.74 Å². The van der Waals surface area contributed by atoms with Gasteiger partial charge in [-0.15, -0.1) is 0 Å². The van der Waals surface area contributed by atoms with E-state index in [-0.39, 0.29) is 10.9 Å². The highest BCUT2D eigenvalue weighted by Gasteiger charge is 2.38. The van der Waals surface area contributed by atoms with Crippen molar-refractivity contribution in [1.29, 1.82) is 0 Å². The second-order valence-corrected chi connectivity index (χ2v) is 6.66. The lowest BCUT2D eigenvalue weighted by Gasteiger charge is -2.19. The molecule has 0 aromatic heterocycles. The predicted molar refractivity (Wildman–Crippen MR) is 80.9 cm³/mol. The lowest BCUT2D eigenvalue weighted by Crippen LogP contribution is -2.12. The van der Waals surface area contributed by atoms with E-state index >= 15 is 0 Å². The van der Waals surface area contributed by atoms with Gasteiger partial charge in [-0.25, -0.2) is 0 Å². The van der Waals surface area contributed by atoms with Gasteiger partial charge in [0.25, 0.3) is 0 Å². The standard InChI is InChI=1S/C17H17OS/c1-3-8-13(2)19-16-11-6-4-9-14(16)18-15-10-5-7-12-17(15)19/h4-12H,3H2,1-2H3/q+1/b13-8-. The van der Waals surface area contributed by atoms with Crippen molar-refractivity contribution in [1.82, 2.24) is 0 Å². The minimum Gasteiger partial charge on any atom is -0.447 e. The van der Waals surface area contributed by atoms with E-state index in [1.54, 1.807) is 0 Å². The molecule has 96 valence electrons. The molecule has 2 aromatic carbocycles. The molecule has 0 radical (unpaired) electrons. The molecule has 2 heteroatoms. The van der Waals surface area contributed by atoms with Gasteiger partial charge in [-0.1, -0.05) is 31.2 Å². The Bertz CT molecular complexity index is 585. The number of hydrogen-bond acceptors (Lipinski definition) is 1. The van der Waals surface area contributed by atoms with E-state index < -0.39 is 0 Å². The number of hydrogen-bond donors (Lipinski definition) is 0. The van der Waals surface area contributed by atoms with Crippen LogP contribution in [0.5, 0.6) is 11.5 Å². The van der Waals surface area contributed by atoms with Crippen molar-refractivity contribution in [3.8, 4) is 11.5 Å². The van der Waals surface area contributed by atoms with Gasteiger partial charge < -0.3 is 4.74 Å². The van der Waals surface area contributed by atoms with Crippen LogP contribution in [0.4, 0.5) is 0 Å². The summed E-state index contributed by atoms with van der Waals surface area (Å²) >= 11 is 0. The predicted octanol–water partition coefficient (Wildman–Crippen LogP) is 5.14. The molecule has 19 heavy (non-hydrogen) atoms. The first-order chi connectivity index (χ1) is 9.31. The van der Waals surface area contributed by atoms with Gasteiger partial charge in [-0.05, 0) is 36.8 Å². The minimum absolute atomic E-state index is 0.00306. The van der Waals surface area contributed by atoms with Crippen LogP contribution in [0.15, 0.2) is 69.3 Å². The van der Waals surface area contributed by atoms with Gasteiger partial charge in [0, 0.05) is 6.92 Å². The largest absolute Gasteiger partial charge is 0.447 e. The lowest BCUT2D eigenvalue weighted by atomic mass is 10.3. The van der Waals surface area contributed by atoms with Crippen molar-refractivity contribution in [2.45, 2.75) is 30.1 Å². The van der Waals surface area contributed by atoms with Crippen LogP contribution in [0.25, 0.3) is 0 Å². The molecule has 0 saturated heterocycles. The summed E-state index contributed by atoms with van der Waals surface area (Å²) in [5, 5.41) is 0. The van der Waals surface area contributed by atoms with Gasteiger partial charge in [0.05, 0.1) is 0 Å². The zero-order valence-corrected chi connectivity index (χ0v) is 12.0. The maximum atomic E-state index is 6.02. The van der Waals surface area contributed by atoms with Crippen molar-refractivity contribution in [2.24, 2.45) is 0 Å². The fourth-order valence-electron chi connectivity index (χ4n) is 2.36. The molecule has 0 fully saturated rings. The number of allylic oxidation sites excluding steroid dienone is 2. The van der Waals surface area contributed by atoms with E-state index in [9.17, 15) is 0 Å². The molecule has 0 amide bonds. The van der Waals surface area contributed by atoms with Gasteiger partial charge in [-0.3, -0.25) is 0 Å². The molecular weight excluding hydrogens is 252 g/mol. The molecular formula is C17H17OS+. The number of benzene rings is 2. The van der Waals surface area contributed by atoms with Crippen LogP contribution in [0.3, 0.4) is 0 Å². The highest BCUT2D eigenvalue weighted by atomic mass is 32.2. The Labute approximate surface area is 117 Å². The van der Waals surface area contributed by atoms with Crippen molar-refractivity contribution < 1.29 is 4.74 Å². The number of para-hydroxylation sites is 2. The Kier molecular flexibility index (Phi) is 3.34. The minimum atomic E-state index is -0.00306. The Balaban J connectivity index is 2.19. The summed E-state index contributed by atoms with van der Waals surface area (Å²) < 4.78 is 6.02. The summed E-state index contributed by atoms with van der Waals surface area (Å²) in [7, 11) is -0.00306. The SMILES string of the molecule is CC/C=C(/C)[S+]1c2ccccc2Oc2ccccc21. The molecule has 1 heterocycles. The molecule has 1 nitrogen and oxygen atoms in total. The van der Waals surface area contributed by atoms with E-state index in [1.165, 1.54) is 14.7 Å². The number of fused-ring (bicyclic) bond motifs is 2. The molecule has 1 aliphatic rings. The van der Waals surface area contributed by atoms with E-state index in [1.807, 2.05) is 12.1 Å². The molecule has 0 bridgehead atoms. The van der Waals surface area contributed by atoms with Crippen LogP contribution in [-0.4, -0.2) is 0 Å². The van der Waals surface area contributed by atoms with Gasteiger partial charge >= 0.3 is 0 Å². The quantitative estimate of drug-likeness (QED) is 0.686. The zero-order chi connectivity index (χ0) is 13.2. The Morgan fingerprint density at radius 1 is 1.00 bits per heavy atom. The van der Waals surface area contributed by atoms with Crippen LogP contribution >= 0.6 is 0 Å². The van der Waals surface area contributed by atoms with E-state index in [4.69, 9.17) is 4.74 Å². The maximum Gasteiger partial charge on any atom is 0.208 e. The normalized spacial score (nSPS) is 14.5. The topological polar surface area (TPSA) is 9.23 Å². The molecule has 2 aromatic rings. The molecule has 0 atom stereocenters. The van der Waals surface area contributed by atoms with Crippen molar-refractivity contribution in [2.75, 3.05) is 0 Å². The van der Waals surface area contributed by atoms with Crippen LogP contribution in [-0.2, 0) is 10.9 Å². The van der Waals surface area contributed by atoms with Gasteiger partial charge in [0.1, 0.15) is 15.8 Å². The summed E-state index contributed by atoms with van der Waals surface area (Å²) in [6.45, 7) is 4.41. The van der Waals surface area contributed by atoms with Crippen LogP contribution in [0.2, 0.25) is 0 Å². The van der Waals surface area contributed by atoms with Gasteiger partial charge in [0.15, 0.2) is 11.5 Å². The van der Waals surface area contributed by atoms with Crippen LogP contribution in [0, 0.1) is 0 Å². The molecule has 0 unspecified atom stereocenters. The summed E-state index contributed by atoms with van der Waals surface area (Å²) in [5.41, 5.74) is 0. The molecule has 3 rings (SSSR count). The highest BCUT2D eigenvalue weighted by molar-refractivity contribution is 8.00. The second kappa shape index (κ2) is 5.14. The lowest BCUT2D eigenvalue weighted by molar-refractivity contribution is 0.453. The van der Waals surface area contributed by atoms with Crippen molar-refractivity contribution in [3.05, 3.63) is 59.5 Å². The molecule has 0 aliphatic carbocycles. The fourth-order valence-corrected chi connectivity index (χ4v) is 4.68. The summed E-state index contributed by atoms with van der Waals surface area (Å²) in [6, 6.07) is 16.7.